The molecule has 5 rings (SSSR count). The van der Waals surface area contributed by atoms with Gasteiger partial charge >= 0.3 is 0 Å². The quantitative estimate of drug-likeness (QED) is 0.416. The van der Waals surface area contributed by atoms with Crippen LogP contribution in [0.2, 0.25) is 0 Å². The van der Waals surface area contributed by atoms with Crippen LogP contribution < -0.4 is 5.46 Å². The van der Waals surface area contributed by atoms with Gasteiger partial charge in [0.2, 0.25) is 0 Å². The summed E-state index contributed by atoms with van der Waals surface area (Å²) < 4.78 is 0. The van der Waals surface area contributed by atoms with E-state index >= 15 is 0 Å². The van der Waals surface area contributed by atoms with E-state index in [-0.39, 0.29) is 0 Å². The molecule has 0 amide bonds. The summed E-state index contributed by atoms with van der Waals surface area (Å²) in [5.41, 5.74) is 10.1. The first kappa shape index (κ1) is 15.9. The van der Waals surface area contributed by atoms with Crippen molar-refractivity contribution in [2.24, 2.45) is 0 Å². The molecule has 0 bridgehead atoms. The Morgan fingerprint density at radius 3 is 1.63 bits per heavy atom. The Morgan fingerprint density at radius 1 is 0.407 bits per heavy atom. The summed E-state index contributed by atoms with van der Waals surface area (Å²) in [6.07, 6.45) is 0. The highest BCUT2D eigenvalue weighted by Crippen LogP contribution is 2.39. The molecule has 0 spiro atoms. The predicted molar refractivity (Wildman–Crippen MR) is 116 cm³/mol. The molecule has 126 valence electrons. The van der Waals surface area contributed by atoms with E-state index in [1.54, 1.807) is 0 Å². The average molecular weight is 341 g/mol. The molecule has 0 unspecified atom stereocenters. The molecule has 0 nitrogen and oxygen atoms in total. The van der Waals surface area contributed by atoms with Gasteiger partial charge in [0.05, 0.1) is 0 Å². The van der Waals surface area contributed by atoms with E-state index in [9.17, 15) is 0 Å². The standard InChI is InChI=1S/C26H18B/c1-3-11-19(12-4-1)25-23-17-8-7-15-21(23)22-16-9-10-18-24(22)27-26(25)20-13-5-2-6-14-20/h1-18H/q-1. The van der Waals surface area contributed by atoms with Crippen molar-refractivity contribution >= 4 is 23.8 Å². The van der Waals surface area contributed by atoms with Crippen LogP contribution in [0, 0.1) is 0 Å². The lowest BCUT2D eigenvalue weighted by Gasteiger charge is -2.26. The maximum absolute atomic E-state index is 2.34. The molecule has 0 fully saturated rings. The van der Waals surface area contributed by atoms with E-state index in [1.807, 2.05) is 0 Å². The number of benzene rings is 4. The molecule has 0 aliphatic carbocycles. The molecule has 1 heteroatoms. The minimum Gasteiger partial charge on any atom is -0.268 e. The molecule has 0 saturated heterocycles. The zero-order valence-corrected chi connectivity index (χ0v) is 15.0. The maximum atomic E-state index is 2.34. The lowest BCUT2D eigenvalue weighted by atomic mass is 9.58. The van der Waals surface area contributed by atoms with Crippen LogP contribution in [0.1, 0.15) is 16.7 Å². The lowest BCUT2D eigenvalue weighted by Crippen LogP contribution is -2.17. The molecule has 1 aliphatic heterocycles. The van der Waals surface area contributed by atoms with Crippen molar-refractivity contribution < 1.29 is 0 Å². The highest BCUT2D eigenvalue weighted by Gasteiger charge is 2.15. The normalized spacial score (nSPS) is 12.9. The van der Waals surface area contributed by atoms with E-state index < -0.39 is 0 Å². The van der Waals surface area contributed by atoms with Crippen LogP contribution in [0.4, 0.5) is 0 Å². The van der Waals surface area contributed by atoms with Gasteiger partial charge in [-0.3, -0.25) is 18.2 Å². The second-order valence-electron chi connectivity index (χ2n) is 6.80. The molecule has 4 aromatic carbocycles. The first-order valence-corrected chi connectivity index (χ1v) is 9.30. The number of fused-ring (bicyclic) bond motifs is 3. The monoisotopic (exact) mass is 341 g/mol. The zero-order valence-electron chi connectivity index (χ0n) is 15.0. The molecule has 0 saturated carbocycles. The fraction of sp³-hybridized carbons (Fsp3) is 0. The van der Waals surface area contributed by atoms with Crippen molar-refractivity contribution in [3.63, 3.8) is 0 Å². The van der Waals surface area contributed by atoms with Crippen LogP contribution in [-0.4, -0.2) is 7.28 Å². The van der Waals surface area contributed by atoms with Gasteiger partial charge in [0, 0.05) is 0 Å². The van der Waals surface area contributed by atoms with Crippen LogP contribution in [0.5, 0.6) is 0 Å². The Balaban J connectivity index is 1.90. The van der Waals surface area contributed by atoms with E-state index in [0.717, 1.165) is 0 Å². The summed E-state index contributed by atoms with van der Waals surface area (Å²) in [5.74, 6) is 0. The van der Waals surface area contributed by atoms with Crippen molar-refractivity contribution in [2.75, 3.05) is 0 Å². The minimum atomic E-state index is 1.24. The largest absolute Gasteiger partial charge is 0.268 e. The van der Waals surface area contributed by atoms with Crippen LogP contribution in [0.25, 0.3) is 22.2 Å². The summed E-state index contributed by atoms with van der Waals surface area (Å²) in [6, 6.07) is 38.9. The Bertz CT molecular complexity index is 1120. The van der Waals surface area contributed by atoms with Crippen molar-refractivity contribution in [1.29, 1.82) is 0 Å². The van der Waals surface area contributed by atoms with E-state index in [0.29, 0.717) is 0 Å². The van der Waals surface area contributed by atoms with Crippen molar-refractivity contribution in [2.45, 2.75) is 0 Å². The fourth-order valence-electron chi connectivity index (χ4n) is 3.94. The van der Waals surface area contributed by atoms with Crippen LogP contribution >= 0.6 is 0 Å². The van der Waals surface area contributed by atoms with E-state index in [4.69, 9.17) is 0 Å². The Labute approximate surface area is 161 Å². The van der Waals surface area contributed by atoms with E-state index in [1.165, 1.54) is 44.3 Å². The van der Waals surface area contributed by atoms with Gasteiger partial charge < -0.3 is 0 Å². The van der Waals surface area contributed by atoms with Crippen molar-refractivity contribution in [3.05, 3.63) is 126 Å². The van der Waals surface area contributed by atoms with Gasteiger partial charge in [-0.15, -0.1) is 6.07 Å². The first-order valence-electron chi connectivity index (χ1n) is 9.30. The van der Waals surface area contributed by atoms with Gasteiger partial charge in [0.25, 0.3) is 0 Å². The second kappa shape index (κ2) is 6.77. The van der Waals surface area contributed by atoms with Gasteiger partial charge in [0.1, 0.15) is 0 Å². The van der Waals surface area contributed by atoms with Crippen LogP contribution in [-0.2, 0) is 0 Å². The van der Waals surface area contributed by atoms with Gasteiger partial charge in [-0.1, -0.05) is 120 Å². The molecule has 1 aliphatic rings. The summed E-state index contributed by atoms with van der Waals surface area (Å²) in [7, 11) is 2.34. The lowest BCUT2D eigenvalue weighted by molar-refractivity contribution is 1.54. The number of rotatable bonds is 2. The van der Waals surface area contributed by atoms with Crippen molar-refractivity contribution in [1.82, 2.24) is 0 Å². The summed E-state index contributed by atoms with van der Waals surface area (Å²) in [6.45, 7) is 0. The van der Waals surface area contributed by atoms with Gasteiger partial charge in [-0.2, -0.15) is 0 Å². The molecule has 4 aromatic rings. The van der Waals surface area contributed by atoms with Gasteiger partial charge in [0.15, 0.2) is 0 Å². The molecule has 1 heterocycles. The summed E-state index contributed by atoms with van der Waals surface area (Å²) in [5, 5.41) is 0. The van der Waals surface area contributed by atoms with Crippen LogP contribution in [0.15, 0.2) is 109 Å². The smallest absolute Gasteiger partial charge is 0.0134 e. The van der Waals surface area contributed by atoms with Crippen molar-refractivity contribution in [3.8, 4) is 11.1 Å². The predicted octanol–water partition coefficient (Wildman–Crippen LogP) is 5.61. The third kappa shape index (κ3) is 2.82. The van der Waals surface area contributed by atoms with E-state index in [2.05, 4.69) is 116 Å². The average Bonchev–Trinajstić information content (AvgIpc) is 2.90. The fourth-order valence-corrected chi connectivity index (χ4v) is 3.94. The molecule has 0 atom stereocenters. The SMILES string of the molecule is [B-]1C(c2ccccc2)=C(c2ccccc2)c2ccccc2-c2ccccc21. The highest BCUT2D eigenvalue weighted by atomic mass is 14.2. The number of hydrogen-bond acceptors (Lipinski definition) is 0. The molecular formula is C26H18B-. The Morgan fingerprint density at radius 2 is 0.926 bits per heavy atom. The third-order valence-electron chi connectivity index (χ3n) is 5.16. The number of hydrogen-bond donors (Lipinski definition) is 0. The minimum absolute atomic E-state index is 1.24. The Hall–Kier alpha value is -3.32. The first-order chi connectivity index (χ1) is 13.4. The molecule has 27 heavy (non-hydrogen) atoms. The molecule has 0 aromatic heterocycles. The topological polar surface area (TPSA) is 0 Å². The second-order valence-corrected chi connectivity index (χ2v) is 6.80. The molecular weight excluding hydrogens is 323 g/mol. The maximum Gasteiger partial charge on any atom is -0.0134 e. The van der Waals surface area contributed by atoms with Crippen LogP contribution in [0.3, 0.4) is 0 Å². The summed E-state index contributed by atoms with van der Waals surface area (Å²) >= 11 is 0. The molecule has 2 radical (unpaired) electrons. The summed E-state index contributed by atoms with van der Waals surface area (Å²) in [4.78, 5) is 0. The zero-order chi connectivity index (χ0) is 18.1. The molecule has 0 N–H and O–H groups in total. The highest BCUT2D eigenvalue weighted by molar-refractivity contribution is 6.77. The van der Waals surface area contributed by atoms with Gasteiger partial charge in [-0.05, 0) is 16.7 Å². The Kier molecular flexibility index (Phi) is 3.99. The third-order valence-corrected chi connectivity index (χ3v) is 5.16. The van der Waals surface area contributed by atoms with Gasteiger partial charge in [-0.25, -0.2) is 0 Å².